The summed E-state index contributed by atoms with van der Waals surface area (Å²) >= 11 is 0. The summed E-state index contributed by atoms with van der Waals surface area (Å²) in [5, 5.41) is 12.4. The number of nitrogens with zero attached hydrogens (tertiary/aromatic N) is 1. The number of allylic oxidation sites excluding steroid dienone is 2. The Balaban J connectivity index is 2.48. The number of nitriles is 1. The lowest BCUT2D eigenvalue weighted by Gasteiger charge is -2.29. The Morgan fingerprint density at radius 2 is 2.44 bits per heavy atom. The highest BCUT2D eigenvalue weighted by atomic mass is 16.5. The van der Waals surface area contributed by atoms with Crippen molar-refractivity contribution in [1.29, 1.82) is 5.26 Å². The smallest absolute Gasteiger partial charge is 0.0985 e. The van der Waals surface area contributed by atoms with Crippen molar-refractivity contribution in [2.45, 2.75) is 32.7 Å². The molecule has 3 atom stereocenters. The molecule has 0 aromatic carbocycles. The molecule has 0 heterocycles. The Morgan fingerprint density at radius 1 is 1.69 bits per heavy atom. The Morgan fingerprint density at radius 3 is 3.00 bits per heavy atom. The predicted molar refractivity (Wildman–Crippen MR) is 64.9 cm³/mol. The van der Waals surface area contributed by atoms with Crippen LogP contribution in [0.25, 0.3) is 0 Å². The largest absolute Gasteiger partial charge is 0.383 e. The summed E-state index contributed by atoms with van der Waals surface area (Å²) < 4.78 is 4.98. The number of methoxy groups -OCH3 is 1. The van der Waals surface area contributed by atoms with E-state index in [0.717, 1.165) is 19.4 Å². The first-order chi connectivity index (χ1) is 7.67. The molecule has 1 aliphatic carbocycles. The number of ether oxygens (including phenoxy) is 1. The second-order valence-corrected chi connectivity index (χ2v) is 4.74. The van der Waals surface area contributed by atoms with Gasteiger partial charge < -0.3 is 4.74 Å². The lowest BCUT2D eigenvalue weighted by atomic mass is 9.80. The third-order valence-corrected chi connectivity index (χ3v) is 3.11. The van der Waals surface area contributed by atoms with Gasteiger partial charge in [-0.2, -0.15) is 5.26 Å². The molecule has 0 bridgehead atoms. The molecule has 3 unspecified atom stereocenters. The van der Waals surface area contributed by atoms with Crippen molar-refractivity contribution >= 4 is 0 Å². The lowest BCUT2D eigenvalue weighted by molar-refractivity contribution is 0.192. The maximum absolute atomic E-state index is 9.18. The van der Waals surface area contributed by atoms with Crippen LogP contribution in [0.5, 0.6) is 0 Å². The van der Waals surface area contributed by atoms with E-state index < -0.39 is 0 Å². The van der Waals surface area contributed by atoms with Gasteiger partial charge in [-0.05, 0) is 31.6 Å². The van der Waals surface area contributed by atoms with Crippen LogP contribution in [0.3, 0.4) is 0 Å². The van der Waals surface area contributed by atoms with Crippen molar-refractivity contribution in [3.63, 3.8) is 0 Å². The molecule has 16 heavy (non-hydrogen) atoms. The zero-order valence-electron chi connectivity index (χ0n) is 10.5. The second kappa shape index (κ2) is 6.67. The monoisotopic (exact) mass is 222 g/mol. The Bertz CT molecular complexity index is 280. The molecule has 0 saturated carbocycles. The van der Waals surface area contributed by atoms with Crippen molar-refractivity contribution < 1.29 is 4.74 Å². The zero-order chi connectivity index (χ0) is 12.0. The first kappa shape index (κ1) is 13.2. The van der Waals surface area contributed by atoms with Gasteiger partial charge in [0.2, 0.25) is 0 Å². The molecule has 0 aromatic rings. The van der Waals surface area contributed by atoms with E-state index in [2.05, 4.69) is 31.3 Å². The van der Waals surface area contributed by atoms with Gasteiger partial charge in [0.1, 0.15) is 0 Å². The summed E-state index contributed by atoms with van der Waals surface area (Å²) in [7, 11) is 1.68. The van der Waals surface area contributed by atoms with Gasteiger partial charge in [0.15, 0.2) is 0 Å². The molecule has 3 heteroatoms. The average molecular weight is 222 g/mol. The van der Waals surface area contributed by atoms with Crippen LogP contribution in [0.2, 0.25) is 0 Å². The van der Waals surface area contributed by atoms with Gasteiger partial charge in [-0.25, -0.2) is 0 Å². The van der Waals surface area contributed by atoms with Gasteiger partial charge in [0, 0.05) is 13.7 Å². The van der Waals surface area contributed by atoms with E-state index in [0.29, 0.717) is 18.4 Å². The predicted octanol–water partition coefficient (Wildman–Crippen LogP) is 2.11. The number of hydrogen-bond acceptors (Lipinski definition) is 3. The second-order valence-electron chi connectivity index (χ2n) is 4.74. The topological polar surface area (TPSA) is 45.0 Å². The van der Waals surface area contributed by atoms with Gasteiger partial charge >= 0.3 is 0 Å². The SMILES string of the molecule is COCCNC(C#N)C1CC(C)=CC(C)C1. The molecule has 3 nitrogen and oxygen atoms in total. The molecular formula is C13H22N2O. The van der Waals surface area contributed by atoms with Crippen molar-refractivity contribution in [2.75, 3.05) is 20.3 Å². The molecule has 0 radical (unpaired) electrons. The molecule has 0 fully saturated rings. The van der Waals surface area contributed by atoms with Gasteiger partial charge in [0.25, 0.3) is 0 Å². The fourth-order valence-electron chi connectivity index (χ4n) is 2.48. The van der Waals surface area contributed by atoms with Crippen LogP contribution >= 0.6 is 0 Å². The third-order valence-electron chi connectivity index (χ3n) is 3.11. The van der Waals surface area contributed by atoms with Crippen LogP contribution in [0, 0.1) is 23.2 Å². The fourth-order valence-corrected chi connectivity index (χ4v) is 2.48. The molecular weight excluding hydrogens is 200 g/mol. The summed E-state index contributed by atoms with van der Waals surface area (Å²) in [6.07, 6.45) is 4.47. The summed E-state index contributed by atoms with van der Waals surface area (Å²) in [6.45, 7) is 5.79. The van der Waals surface area contributed by atoms with Crippen molar-refractivity contribution in [3.8, 4) is 6.07 Å². The summed E-state index contributed by atoms with van der Waals surface area (Å²) in [5.41, 5.74) is 1.41. The summed E-state index contributed by atoms with van der Waals surface area (Å²) in [6, 6.07) is 2.34. The highest BCUT2D eigenvalue weighted by molar-refractivity contribution is 5.10. The van der Waals surface area contributed by atoms with Crippen molar-refractivity contribution in [1.82, 2.24) is 5.32 Å². The first-order valence-electron chi connectivity index (χ1n) is 5.96. The zero-order valence-corrected chi connectivity index (χ0v) is 10.5. The lowest BCUT2D eigenvalue weighted by Crippen LogP contribution is -2.38. The molecule has 1 rings (SSSR count). The molecule has 0 saturated heterocycles. The summed E-state index contributed by atoms with van der Waals surface area (Å²) in [5.74, 6) is 1.04. The normalized spacial score (nSPS) is 27.0. The van der Waals surface area contributed by atoms with Crippen molar-refractivity contribution in [2.24, 2.45) is 11.8 Å². The van der Waals surface area contributed by atoms with E-state index in [1.165, 1.54) is 5.57 Å². The Labute approximate surface area is 98.5 Å². The van der Waals surface area contributed by atoms with Crippen LogP contribution in [-0.4, -0.2) is 26.3 Å². The minimum Gasteiger partial charge on any atom is -0.383 e. The molecule has 0 amide bonds. The van der Waals surface area contributed by atoms with Gasteiger partial charge in [-0.1, -0.05) is 18.6 Å². The van der Waals surface area contributed by atoms with E-state index in [-0.39, 0.29) is 6.04 Å². The quantitative estimate of drug-likeness (QED) is 0.572. The standard InChI is InChI=1S/C13H22N2O/c1-10-6-11(2)8-12(7-10)13(9-14)15-4-5-16-3/h6,10,12-13,15H,4-5,7-8H2,1-3H3. The third kappa shape index (κ3) is 3.96. The van der Waals surface area contributed by atoms with E-state index >= 15 is 0 Å². The van der Waals surface area contributed by atoms with Crippen LogP contribution in [0.1, 0.15) is 26.7 Å². The van der Waals surface area contributed by atoms with Crippen LogP contribution in [0.15, 0.2) is 11.6 Å². The van der Waals surface area contributed by atoms with E-state index in [9.17, 15) is 5.26 Å². The highest BCUT2D eigenvalue weighted by Crippen LogP contribution is 2.29. The number of nitrogens with one attached hydrogen (secondary N) is 1. The van der Waals surface area contributed by atoms with Crippen molar-refractivity contribution in [3.05, 3.63) is 11.6 Å². The average Bonchev–Trinajstić information content (AvgIpc) is 2.23. The molecule has 1 aliphatic rings. The minimum atomic E-state index is -0.0405. The molecule has 0 aromatic heterocycles. The number of rotatable bonds is 5. The minimum absolute atomic E-state index is 0.0405. The first-order valence-corrected chi connectivity index (χ1v) is 5.96. The Kier molecular flexibility index (Phi) is 5.51. The maximum Gasteiger partial charge on any atom is 0.0985 e. The van der Waals surface area contributed by atoms with Gasteiger partial charge in [-0.3, -0.25) is 5.32 Å². The van der Waals surface area contributed by atoms with Crippen LogP contribution in [0.4, 0.5) is 0 Å². The molecule has 0 aliphatic heterocycles. The number of hydrogen-bond donors (Lipinski definition) is 1. The van der Waals surface area contributed by atoms with E-state index in [4.69, 9.17) is 4.74 Å². The van der Waals surface area contributed by atoms with E-state index in [1.54, 1.807) is 7.11 Å². The Hall–Kier alpha value is -0.850. The fraction of sp³-hybridized carbons (Fsp3) is 0.769. The van der Waals surface area contributed by atoms with Gasteiger partial charge in [-0.15, -0.1) is 0 Å². The van der Waals surface area contributed by atoms with E-state index in [1.807, 2.05) is 0 Å². The van der Waals surface area contributed by atoms with Crippen LogP contribution < -0.4 is 5.32 Å². The van der Waals surface area contributed by atoms with Crippen LogP contribution in [-0.2, 0) is 4.74 Å². The molecule has 0 spiro atoms. The maximum atomic E-state index is 9.18. The highest BCUT2D eigenvalue weighted by Gasteiger charge is 2.25. The molecule has 1 N–H and O–H groups in total. The van der Waals surface area contributed by atoms with Gasteiger partial charge in [0.05, 0.1) is 18.7 Å². The molecule has 90 valence electrons. The summed E-state index contributed by atoms with van der Waals surface area (Å²) in [4.78, 5) is 0.